The Morgan fingerprint density at radius 3 is 2.91 bits per heavy atom. The monoisotopic (exact) mass is 505 g/mol. The van der Waals surface area contributed by atoms with Crippen LogP contribution >= 0.6 is 22.7 Å². The van der Waals surface area contributed by atoms with Gasteiger partial charge in [-0.05, 0) is 44.6 Å². The number of aryl methyl sites for hydroxylation is 1. The summed E-state index contributed by atoms with van der Waals surface area (Å²) in [5.74, 6) is 0.304. The lowest BCUT2D eigenvalue weighted by atomic mass is 10.0. The number of amides is 2. The largest absolute Gasteiger partial charge is 0.349 e. The van der Waals surface area contributed by atoms with Gasteiger partial charge in [-0.1, -0.05) is 29.8 Å². The first kappa shape index (κ1) is 22.4. The number of carbonyl (C=O) groups excluding carboxylic acids is 2. The lowest BCUT2D eigenvalue weighted by Gasteiger charge is -2.35. The van der Waals surface area contributed by atoms with Crippen LogP contribution in [0.1, 0.15) is 69.6 Å². The van der Waals surface area contributed by atoms with Gasteiger partial charge in [-0.2, -0.15) is 0 Å². The smallest absolute Gasteiger partial charge is 0.274 e. The Hall–Kier alpha value is -3.04. The van der Waals surface area contributed by atoms with Crippen molar-refractivity contribution in [3.05, 3.63) is 64.0 Å². The summed E-state index contributed by atoms with van der Waals surface area (Å²) in [6.07, 6.45) is 8.64. The van der Waals surface area contributed by atoms with Crippen LogP contribution in [0.3, 0.4) is 0 Å². The van der Waals surface area contributed by atoms with Crippen LogP contribution in [0.25, 0.3) is 15.4 Å². The maximum absolute atomic E-state index is 13.9. The third-order valence-electron chi connectivity index (χ3n) is 6.82. The summed E-state index contributed by atoms with van der Waals surface area (Å²) in [6.45, 7) is 3.17. The number of hydrogen-bond acceptors (Lipinski definition) is 6. The lowest BCUT2D eigenvalue weighted by Crippen LogP contribution is -2.49. The molecule has 0 radical (unpaired) electrons. The van der Waals surface area contributed by atoms with E-state index in [1.54, 1.807) is 21.9 Å². The number of carbonyl (C=O) groups is 2. The number of fused-ring (bicyclic) bond motifs is 1. The zero-order valence-corrected chi connectivity index (χ0v) is 21.2. The highest BCUT2D eigenvalue weighted by molar-refractivity contribution is 7.15. The number of thiazole rings is 2. The third kappa shape index (κ3) is 4.38. The van der Waals surface area contributed by atoms with Gasteiger partial charge < -0.3 is 10.2 Å². The normalized spacial score (nSPS) is 18.2. The quantitative estimate of drug-likeness (QED) is 0.394. The number of likely N-dealkylation sites (tertiary alicyclic amines) is 1. The van der Waals surface area contributed by atoms with E-state index in [0.29, 0.717) is 30.4 Å². The minimum absolute atomic E-state index is 0.0202. The topological polar surface area (TPSA) is 79.6 Å². The fourth-order valence-corrected chi connectivity index (χ4v) is 6.69. The van der Waals surface area contributed by atoms with E-state index < -0.39 is 0 Å². The Balaban J connectivity index is 1.24. The van der Waals surface area contributed by atoms with Crippen LogP contribution in [-0.4, -0.2) is 50.2 Å². The zero-order valence-electron chi connectivity index (χ0n) is 19.6. The zero-order chi connectivity index (χ0) is 23.9. The number of imidazole rings is 1. The molecule has 2 aliphatic rings. The van der Waals surface area contributed by atoms with Gasteiger partial charge in [-0.15, -0.1) is 22.7 Å². The molecule has 1 aromatic carbocycles. The van der Waals surface area contributed by atoms with Gasteiger partial charge >= 0.3 is 0 Å². The van der Waals surface area contributed by atoms with Crippen LogP contribution < -0.4 is 5.32 Å². The minimum atomic E-state index is -0.168. The minimum Gasteiger partial charge on any atom is -0.349 e. The summed E-state index contributed by atoms with van der Waals surface area (Å²) in [5.41, 5.74) is 3.31. The van der Waals surface area contributed by atoms with Crippen molar-refractivity contribution >= 4 is 39.4 Å². The molecule has 0 unspecified atom stereocenters. The lowest BCUT2D eigenvalue weighted by molar-refractivity contribution is 0.0597. The van der Waals surface area contributed by atoms with Crippen LogP contribution in [0.5, 0.6) is 0 Å². The van der Waals surface area contributed by atoms with Crippen molar-refractivity contribution in [1.82, 2.24) is 24.6 Å². The van der Waals surface area contributed by atoms with Gasteiger partial charge in [0.05, 0.1) is 16.1 Å². The van der Waals surface area contributed by atoms with Crippen LogP contribution in [0.4, 0.5) is 0 Å². The first-order chi connectivity index (χ1) is 17.1. The fourth-order valence-electron chi connectivity index (χ4n) is 4.78. The van der Waals surface area contributed by atoms with Crippen molar-refractivity contribution in [2.24, 2.45) is 0 Å². The molecule has 9 heteroatoms. The van der Waals surface area contributed by atoms with E-state index in [1.165, 1.54) is 16.9 Å². The summed E-state index contributed by atoms with van der Waals surface area (Å²) >= 11 is 3.16. The molecule has 2 amide bonds. The Bertz CT molecular complexity index is 1400. The predicted molar refractivity (Wildman–Crippen MR) is 138 cm³/mol. The van der Waals surface area contributed by atoms with E-state index >= 15 is 0 Å². The number of nitrogens with zero attached hydrogens (tertiary/aromatic N) is 4. The van der Waals surface area contributed by atoms with Gasteiger partial charge in [0.15, 0.2) is 4.96 Å². The molecule has 0 spiro atoms. The number of nitrogens with one attached hydrogen (secondary N) is 1. The molecule has 1 saturated carbocycles. The molecule has 7 nitrogen and oxygen atoms in total. The SMILES string of the molecule is Cc1cccc(-c2sc(C3CC3)nc2C(=O)N2CCCC[C@H]2CNC(=O)c2cnc3sccn23)c1. The van der Waals surface area contributed by atoms with Gasteiger partial charge in [-0.25, -0.2) is 9.97 Å². The van der Waals surface area contributed by atoms with E-state index in [-0.39, 0.29) is 17.9 Å². The molecule has 35 heavy (non-hydrogen) atoms. The average Bonchev–Trinajstić information content (AvgIpc) is 3.27. The van der Waals surface area contributed by atoms with Gasteiger partial charge in [0.1, 0.15) is 11.4 Å². The van der Waals surface area contributed by atoms with Crippen molar-refractivity contribution in [3.63, 3.8) is 0 Å². The summed E-state index contributed by atoms with van der Waals surface area (Å²) < 4.78 is 1.80. The van der Waals surface area contributed by atoms with Crippen molar-refractivity contribution in [2.45, 2.75) is 51.0 Å². The number of benzene rings is 1. The van der Waals surface area contributed by atoms with Gasteiger partial charge in [0.2, 0.25) is 0 Å². The molecule has 6 rings (SSSR count). The Morgan fingerprint density at radius 2 is 2.09 bits per heavy atom. The molecule has 4 aromatic rings. The summed E-state index contributed by atoms with van der Waals surface area (Å²) in [7, 11) is 0. The molecule has 1 aliphatic carbocycles. The molecule has 1 aliphatic heterocycles. The highest BCUT2D eigenvalue weighted by atomic mass is 32.1. The molecule has 180 valence electrons. The maximum Gasteiger partial charge on any atom is 0.274 e. The number of piperidine rings is 1. The number of aromatic nitrogens is 3. The molecular weight excluding hydrogens is 478 g/mol. The third-order valence-corrected chi connectivity index (χ3v) is 8.86. The van der Waals surface area contributed by atoms with Gasteiger partial charge in [-0.3, -0.25) is 14.0 Å². The number of rotatable bonds is 6. The van der Waals surface area contributed by atoms with E-state index in [9.17, 15) is 9.59 Å². The summed E-state index contributed by atoms with van der Waals surface area (Å²) in [6, 6.07) is 8.25. The Kier molecular flexibility index (Phi) is 5.89. The molecule has 1 saturated heterocycles. The van der Waals surface area contributed by atoms with Gasteiger partial charge in [0, 0.05) is 36.6 Å². The first-order valence-corrected chi connectivity index (χ1v) is 13.9. The molecule has 1 N–H and O–H groups in total. The van der Waals surface area contributed by atoms with Crippen LogP contribution in [0, 0.1) is 6.92 Å². The molecule has 3 aromatic heterocycles. The Morgan fingerprint density at radius 1 is 1.20 bits per heavy atom. The molecule has 4 heterocycles. The molecule has 1 atom stereocenters. The average molecular weight is 506 g/mol. The van der Waals surface area contributed by atoms with E-state index in [4.69, 9.17) is 4.98 Å². The van der Waals surface area contributed by atoms with Crippen molar-refractivity contribution < 1.29 is 9.59 Å². The van der Waals surface area contributed by atoms with E-state index in [2.05, 4.69) is 35.4 Å². The maximum atomic E-state index is 13.9. The molecule has 2 fully saturated rings. The summed E-state index contributed by atoms with van der Waals surface area (Å²) in [5, 5.41) is 6.04. The second-order valence-electron chi connectivity index (χ2n) is 9.43. The van der Waals surface area contributed by atoms with Gasteiger partial charge in [0.25, 0.3) is 11.8 Å². The fraction of sp³-hybridized carbons (Fsp3) is 0.385. The second kappa shape index (κ2) is 9.20. The van der Waals surface area contributed by atoms with Crippen LogP contribution in [0.2, 0.25) is 0 Å². The van der Waals surface area contributed by atoms with Crippen LogP contribution in [0.15, 0.2) is 42.0 Å². The molecular formula is C26H27N5O2S2. The van der Waals surface area contributed by atoms with E-state index in [0.717, 1.165) is 52.5 Å². The predicted octanol–water partition coefficient (Wildman–Crippen LogP) is 5.13. The summed E-state index contributed by atoms with van der Waals surface area (Å²) in [4.78, 5) is 39.7. The number of hydrogen-bond donors (Lipinski definition) is 1. The van der Waals surface area contributed by atoms with Crippen LogP contribution in [-0.2, 0) is 0 Å². The highest BCUT2D eigenvalue weighted by Crippen LogP contribution is 2.45. The first-order valence-electron chi connectivity index (χ1n) is 12.2. The van der Waals surface area contributed by atoms with E-state index in [1.807, 2.05) is 22.5 Å². The van der Waals surface area contributed by atoms with Crippen molar-refractivity contribution in [1.29, 1.82) is 0 Å². The Labute approximate surface area is 211 Å². The standard InChI is InChI=1S/C26H27N5O2S2/c1-16-5-4-6-18(13-16)22-21(29-24(35-22)17-8-9-17)25(33)30-10-3-2-7-19(30)14-27-23(32)20-15-28-26-31(20)11-12-34-26/h4-6,11-13,15,17,19H,2-3,7-10,14H2,1H3,(H,27,32)/t19-/m0/s1. The second-order valence-corrected chi connectivity index (χ2v) is 11.3. The van der Waals surface area contributed by atoms with Crippen molar-refractivity contribution in [3.8, 4) is 10.4 Å². The molecule has 0 bridgehead atoms. The highest BCUT2D eigenvalue weighted by Gasteiger charge is 2.34. The van der Waals surface area contributed by atoms with Crippen molar-refractivity contribution in [2.75, 3.05) is 13.1 Å².